The maximum Gasteiger partial charge on any atom is 0.404 e. The second-order valence-corrected chi connectivity index (χ2v) is 3.88. The molecule has 0 aliphatic heterocycles. The lowest BCUT2D eigenvalue weighted by molar-refractivity contribution is -0.00349. The van der Waals surface area contributed by atoms with Gasteiger partial charge in [0.05, 0.1) is 6.10 Å². The Kier molecular flexibility index (Phi) is 4.16. The highest BCUT2D eigenvalue weighted by molar-refractivity contribution is 5.64. The Morgan fingerprint density at radius 1 is 1.71 bits per heavy atom. The molecule has 1 unspecified atom stereocenters. The monoisotopic (exact) mass is 202 g/mol. The summed E-state index contributed by atoms with van der Waals surface area (Å²) in [4.78, 5) is 10.2. The summed E-state index contributed by atoms with van der Waals surface area (Å²) in [6.07, 6.45) is 2.36. The van der Waals surface area contributed by atoms with Crippen LogP contribution in [0.3, 0.4) is 0 Å². The van der Waals surface area contributed by atoms with Gasteiger partial charge in [0.1, 0.15) is 0 Å². The molecule has 1 aliphatic carbocycles. The lowest BCUT2D eigenvalue weighted by Gasteiger charge is -2.35. The van der Waals surface area contributed by atoms with Gasteiger partial charge in [0, 0.05) is 19.7 Å². The molecule has 0 aromatic rings. The van der Waals surface area contributed by atoms with E-state index < -0.39 is 6.09 Å². The highest BCUT2D eigenvalue weighted by Gasteiger charge is 2.29. The maximum atomic E-state index is 10.2. The van der Waals surface area contributed by atoms with Crippen molar-refractivity contribution < 1.29 is 14.6 Å². The number of hydrogen-bond acceptors (Lipinski definition) is 3. The Labute approximate surface area is 83.6 Å². The summed E-state index contributed by atoms with van der Waals surface area (Å²) in [5, 5.41) is 10.6. The van der Waals surface area contributed by atoms with Crippen molar-refractivity contribution in [3.05, 3.63) is 0 Å². The zero-order valence-electron chi connectivity index (χ0n) is 8.40. The minimum atomic E-state index is -1.01. The molecule has 1 amide bonds. The fourth-order valence-corrected chi connectivity index (χ4v) is 1.79. The van der Waals surface area contributed by atoms with Crippen LogP contribution in [0.25, 0.3) is 0 Å². The number of carbonyl (C=O) groups is 1. The van der Waals surface area contributed by atoms with Crippen molar-refractivity contribution in [1.82, 2.24) is 5.32 Å². The van der Waals surface area contributed by atoms with Crippen molar-refractivity contribution in [2.45, 2.75) is 31.4 Å². The van der Waals surface area contributed by atoms with Gasteiger partial charge in [-0.1, -0.05) is 0 Å². The highest BCUT2D eigenvalue weighted by Crippen LogP contribution is 2.32. The summed E-state index contributed by atoms with van der Waals surface area (Å²) in [5.74, 6) is 0.602. The summed E-state index contributed by atoms with van der Waals surface area (Å²) in [6.45, 7) is 0.337. The molecule has 0 bridgehead atoms. The molecule has 82 valence electrons. The molecule has 0 spiro atoms. The van der Waals surface area contributed by atoms with E-state index >= 15 is 0 Å². The molecule has 14 heavy (non-hydrogen) atoms. The van der Waals surface area contributed by atoms with Gasteiger partial charge < -0.3 is 20.9 Å². The molecule has 5 nitrogen and oxygen atoms in total. The molecule has 0 saturated heterocycles. The van der Waals surface area contributed by atoms with E-state index in [2.05, 4.69) is 5.32 Å². The van der Waals surface area contributed by atoms with Crippen LogP contribution < -0.4 is 11.1 Å². The molecule has 0 heterocycles. The first kappa shape index (κ1) is 11.3. The summed E-state index contributed by atoms with van der Waals surface area (Å²) in [6, 6.07) is -0.0751. The fourth-order valence-electron chi connectivity index (χ4n) is 1.79. The van der Waals surface area contributed by atoms with Crippen LogP contribution in [0, 0.1) is 5.92 Å². The summed E-state index contributed by atoms with van der Waals surface area (Å²) in [7, 11) is 1.72. The Morgan fingerprint density at radius 2 is 2.36 bits per heavy atom. The van der Waals surface area contributed by atoms with Crippen LogP contribution >= 0.6 is 0 Å². The number of nitrogens with one attached hydrogen (secondary N) is 1. The van der Waals surface area contributed by atoms with E-state index in [1.54, 1.807) is 7.11 Å². The summed E-state index contributed by atoms with van der Waals surface area (Å²) < 4.78 is 5.15. The predicted octanol–water partition coefficient (Wildman–Crippen LogP) is 0.396. The number of ether oxygens (including phenoxy) is 1. The Morgan fingerprint density at radius 3 is 2.86 bits per heavy atom. The second kappa shape index (κ2) is 5.17. The van der Waals surface area contributed by atoms with Crippen molar-refractivity contribution in [2.24, 2.45) is 11.7 Å². The number of carboxylic acid groups (broad SMARTS) is 1. The van der Waals surface area contributed by atoms with Crippen molar-refractivity contribution in [1.29, 1.82) is 0 Å². The van der Waals surface area contributed by atoms with Gasteiger partial charge in [-0.05, 0) is 25.2 Å². The minimum Gasteiger partial charge on any atom is -0.465 e. The molecular weight excluding hydrogens is 184 g/mol. The van der Waals surface area contributed by atoms with E-state index in [1.807, 2.05) is 0 Å². The third kappa shape index (κ3) is 3.51. The summed E-state index contributed by atoms with van der Waals surface area (Å²) >= 11 is 0. The van der Waals surface area contributed by atoms with E-state index in [1.165, 1.54) is 0 Å². The SMILES string of the molecule is COC1CC(CC(N)CNC(=O)O)C1. The van der Waals surface area contributed by atoms with Crippen LogP contribution in [0.4, 0.5) is 4.79 Å². The Hall–Kier alpha value is -0.810. The Bertz CT molecular complexity index is 192. The van der Waals surface area contributed by atoms with Gasteiger partial charge in [0.15, 0.2) is 0 Å². The van der Waals surface area contributed by atoms with Gasteiger partial charge in [-0.3, -0.25) is 0 Å². The maximum absolute atomic E-state index is 10.2. The molecular formula is C9H18N2O3. The first-order chi connectivity index (χ1) is 6.61. The topological polar surface area (TPSA) is 84.6 Å². The molecule has 0 aromatic heterocycles. The van der Waals surface area contributed by atoms with Gasteiger partial charge >= 0.3 is 6.09 Å². The molecule has 1 fully saturated rings. The third-order valence-corrected chi connectivity index (χ3v) is 2.68. The standard InChI is InChI=1S/C9H18N2O3/c1-14-8-3-6(4-8)2-7(10)5-11-9(12)13/h6-8,11H,2-5,10H2,1H3,(H,12,13). The average Bonchev–Trinajstić information content (AvgIpc) is 2.07. The lowest BCUT2D eigenvalue weighted by atomic mass is 9.78. The van der Waals surface area contributed by atoms with Gasteiger partial charge in [0.2, 0.25) is 0 Å². The Balaban J connectivity index is 2.04. The molecule has 0 radical (unpaired) electrons. The summed E-state index contributed by atoms with van der Waals surface area (Å²) in [5.41, 5.74) is 5.75. The molecule has 0 aromatic carbocycles. The van der Waals surface area contributed by atoms with Crippen LogP contribution in [0.1, 0.15) is 19.3 Å². The van der Waals surface area contributed by atoms with Gasteiger partial charge in [0.25, 0.3) is 0 Å². The van der Waals surface area contributed by atoms with Crippen LogP contribution in [0.2, 0.25) is 0 Å². The number of nitrogens with two attached hydrogens (primary N) is 1. The van der Waals surface area contributed by atoms with Crippen LogP contribution in [0.5, 0.6) is 0 Å². The molecule has 5 heteroatoms. The fraction of sp³-hybridized carbons (Fsp3) is 0.889. The highest BCUT2D eigenvalue weighted by atomic mass is 16.5. The van der Waals surface area contributed by atoms with E-state index in [0.717, 1.165) is 19.3 Å². The van der Waals surface area contributed by atoms with Crippen molar-refractivity contribution in [3.8, 4) is 0 Å². The molecule has 1 atom stereocenters. The molecule has 1 aliphatic rings. The molecule has 1 rings (SSSR count). The average molecular weight is 202 g/mol. The van der Waals surface area contributed by atoms with Gasteiger partial charge in [-0.25, -0.2) is 4.79 Å². The van der Waals surface area contributed by atoms with Crippen LogP contribution in [-0.2, 0) is 4.74 Å². The van der Waals surface area contributed by atoms with Crippen molar-refractivity contribution in [2.75, 3.05) is 13.7 Å². The first-order valence-corrected chi connectivity index (χ1v) is 4.87. The molecule has 1 saturated carbocycles. The first-order valence-electron chi connectivity index (χ1n) is 4.87. The molecule has 4 N–H and O–H groups in total. The lowest BCUT2D eigenvalue weighted by Crippen LogP contribution is -2.41. The minimum absolute atomic E-state index is 0.0751. The van der Waals surface area contributed by atoms with E-state index in [4.69, 9.17) is 15.6 Å². The van der Waals surface area contributed by atoms with Gasteiger partial charge in [-0.2, -0.15) is 0 Å². The van der Waals surface area contributed by atoms with Crippen LogP contribution in [-0.4, -0.2) is 37.0 Å². The number of rotatable bonds is 5. The predicted molar refractivity (Wildman–Crippen MR) is 52.1 cm³/mol. The normalized spacial score (nSPS) is 27.9. The smallest absolute Gasteiger partial charge is 0.404 e. The third-order valence-electron chi connectivity index (χ3n) is 2.68. The zero-order valence-corrected chi connectivity index (χ0v) is 8.40. The number of methoxy groups -OCH3 is 1. The van der Waals surface area contributed by atoms with Crippen molar-refractivity contribution in [3.63, 3.8) is 0 Å². The number of hydrogen-bond donors (Lipinski definition) is 3. The van der Waals surface area contributed by atoms with E-state index in [-0.39, 0.29) is 6.04 Å². The van der Waals surface area contributed by atoms with Crippen molar-refractivity contribution >= 4 is 6.09 Å². The largest absolute Gasteiger partial charge is 0.465 e. The second-order valence-electron chi connectivity index (χ2n) is 3.88. The van der Waals surface area contributed by atoms with E-state index in [9.17, 15) is 4.79 Å². The van der Waals surface area contributed by atoms with Gasteiger partial charge in [-0.15, -0.1) is 0 Å². The van der Waals surface area contributed by atoms with Crippen LogP contribution in [0.15, 0.2) is 0 Å². The number of amides is 1. The quantitative estimate of drug-likeness (QED) is 0.602. The van der Waals surface area contributed by atoms with E-state index in [0.29, 0.717) is 18.6 Å². The zero-order chi connectivity index (χ0) is 10.6.